The highest BCUT2D eigenvalue weighted by atomic mass is 32.2. The molecule has 4 N–H and O–H groups in total. The molecule has 3 rings (SSSR count). The molecule has 0 aliphatic heterocycles. The number of nitrogens with one attached hydrogen (secondary N) is 2. The molecule has 1 amide bonds. The van der Waals surface area contributed by atoms with E-state index >= 15 is 0 Å². The van der Waals surface area contributed by atoms with E-state index in [2.05, 4.69) is 19.7 Å². The fraction of sp³-hybridized carbons (Fsp3) is 0.200. The van der Waals surface area contributed by atoms with Crippen LogP contribution in [0.1, 0.15) is 23.8 Å². The van der Waals surface area contributed by atoms with Gasteiger partial charge in [0, 0.05) is 0 Å². The fourth-order valence-corrected chi connectivity index (χ4v) is 4.20. The summed E-state index contributed by atoms with van der Waals surface area (Å²) in [6, 6.07) is 1.77. The second kappa shape index (κ2) is 7.59. The van der Waals surface area contributed by atoms with Gasteiger partial charge in [-0.05, 0) is 30.1 Å². The molecule has 148 valence electrons. The molecular weight excluding hydrogens is 414 g/mol. The minimum Gasteiger partial charge on any atom is -0.382 e. The zero-order chi connectivity index (χ0) is 20.5. The van der Waals surface area contributed by atoms with Crippen LogP contribution in [-0.4, -0.2) is 34.4 Å². The van der Waals surface area contributed by atoms with Gasteiger partial charge in [-0.3, -0.25) is 9.52 Å². The van der Waals surface area contributed by atoms with Gasteiger partial charge in [0.05, 0.1) is 11.4 Å². The lowest BCUT2D eigenvalue weighted by atomic mass is 10.2. The number of nitrogen functional groups attached to an aromatic ring is 1. The van der Waals surface area contributed by atoms with E-state index in [0.29, 0.717) is 11.1 Å². The van der Waals surface area contributed by atoms with Crippen LogP contribution in [0.25, 0.3) is 10.2 Å². The van der Waals surface area contributed by atoms with Crippen molar-refractivity contribution in [1.82, 2.24) is 14.3 Å². The van der Waals surface area contributed by atoms with Crippen molar-refractivity contribution < 1.29 is 22.0 Å². The Labute approximate surface area is 162 Å². The summed E-state index contributed by atoms with van der Waals surface area (Å²) in [5.41, 5.74) is 4.32. The smallest absolute Gasteiger partial charge is 0.277 e. The Morgan fingerprint density at radius 2 is 2.04 bits per heavy atom. The second-order valence-corrected chi connectivity index (χ2v) is 8.24. The second-order valence-electron chi connectivity index (χ2n) is 5.63. The number of rotatable bonds is 6. The molecule has 13 heteroatoms. The van der Waals surface area contributed by atoms with Crippen LogP contribution in [0.3, 0.4) is 0 Å². The molecule has 0 saturated carbocycles. The molecule has 0 radical (unpaired) electrons. The van der Waals surface area contributed by atoms with Gasteiger partial charge in [-0.15, -0.1) is 0 Å². The topological polar surface area (TPSA) is 140 Å². The molecule has 2 heterocycles. The maximum absolute atomic E-state index is 14.6. The Balaban J connectivity index is 1.94. The molecule has 0 fully saturated rings. The summed E-state index contributed by atoms with van der Waals surface area (Å²) >= 11 is 0.864. The minimum absolute atomic E-state index is 0.117. The van der Waals surface area contributed by atoms with Crippen molar-refractivity contribution >= 4 is 54.9 Å². The number of fused-ring (bicyclic) bond motifs is 1. The van der Waals surface area contributed by atoms with Crippen LogP contribution in [0.5, 0.6) is 0 Å². The first-order valence-corrected chi connectivity index (χ1v) is 10.3. The molecule has 0 spiro atoms. The predicted octanol–water partition coefficient (Wildman–Crippen LogP) is 2.35. The highest BCUT2D eigenvalue weighted by Gasteiger charge is 2.23. The Morgan fingerprint density at radius 1 is 1.29 bits per heavy atom. The van der Waals surface area contributed by atoms with Gasteiger partial charge < -0.3 is 11.1 Å². The third-order valence-corrected chi connectivity index (χ3v) is 5.90. The largest absolute Gasteiger partial charge is 0.382 e. The standard InChI is InChI=1S/C15H14F2N6O3S2/c1-2-5-28(25,26)23-8-4-3-7(16)10(9(8)17)21-15(24)12-11-13(27-22-12)14(18)20-6-19-11/h3-4,6,23H,2,5H2,1H3,(H,21,24)(H2,18,19,20). The third-order valence-electron chi connectivity index (χ3n) is 3.57. The Kier molecular flexibility index (Phi) is 5.38. The van der Waals surface area contributed by atoms with Crippen molar-refractivity contribution in [3.63, 3.8) is 0 Å². The van der Waals surface area contributed by atoms with Gasteiger partial charge in [-0.1, -0.05) is 6.92 Å². The number of anilines is 3. The van der Waals surface area contributed by atoms with E-state index in [1.54, 1.807) is 6.92 Å². The first-order chi connectivity index (χ1) is 13.2. The summed E-state index contributed by atoms with van der Waals surface area (Å²) in [7, 11) is -3.81. The summed E-state index contributed by atoms with van der Waals surface area (Å²) in [6.07, 6.45) is 1.44. The van der Waals surface area contributed by atoms with Crippen molar-refractivity contribution in [2.75, 3.05) is 21.5 Å². The van der Waals surface area contributed by atoms with Crippen molar-refractivity contribution in [2.45, 2.75) is 13.3 Å². The van der Waals surface area contributed by atoms with Gasteiger partial charge in [0.25, 0.3) is 5.91 Å². The van der Waals surface area contributed by atoms with Gasteiger partial charge in [-0.25, -0.2) is 27.2 Å². The molecule has 3 aromatic rings. The zero-order valence-corrected chi connectivity index (χ0v) is 16.0. The Morgan fingerprint density at radius 3 is 2.75 bits per heavy atom. The lowest BCUT2D eigenvalue weighted by molar-refractivity contribution is 0.102. The number of amides is 1. The number of hydrogen-bond donors (Lipinski definition) is 3. The number of carbonyl (C=O) groups is 1. The number of hydrogen-bond acceptors (Lipinski definition) is 8. The molecule has 0 aliphatic rings. The van der Waals surface area contributed by atoms with Gasteiger partial charge in [0.2, 0.25) is 10.0 Å². The SMILES string of the molecule is CCCS(=O)(=O)Nc1ccc(F)c(NC(=O)c2nsc3c(N)ncnc23)c1F. The van der Waals surface area contributed by atoms with Crippen LogP contribution in [0.15, 0.2) is 18.5 Å². The summed E-state index contributed by atoms with van der Waals surface area (Å²) in [5, 5.41) is 2.07. The zero-order valence-electron chi connectivity index (χ0n) is 14.4. The van der Waals surface area contributed by atoms with E-state index in [4.69, 9.17) is 5.73 Å². The average Bonchev–Trinajstić information content (AvgIpc) is 3.06. The van der Waals surface area contributed by atoms with E-state index in [-0.39, 0.29) is 22.8 Å². The monoisotopic (exact) mass is 428 g/mol. The van der Waals surface area contributed by atoms with Crippen molar-refractivity contribution in [3.05, 3.63) is 35.8 Å². The predicted molar refractivity (Wildman–Crippen MR) is 102 cm³/mol. The third kappa shape index (κ3) is 3.84. The molecule has 0 aliphatic carbocycles. The number of sulfonamides is 1. The molecule has 1 aromatic carbocycles. The molecule has 0 bridgehead atoms. The lowest BCUT2D eigenvalue weighted by Crippen LogP contribution is -2.19. The number of carbonyl (C=O) groups excluding carboxylic acids is 1. The number of nitrogens with two attached hydrogens (primary N) is 1. The summed E-state index contributed by atoms with van der Waals surface area (Å²) < 4.78 is 58.7. The van der Waals surface area contributed by atoms with Gasteiger partial charge >= 0.3 is 0 Å². The van der Waals surface area contributed by atoms with Gasteiger partial charge in [0.15, 0.2) is 11.5 Å². The lowest BCUT2D eigenvalue weighted by Gasteiger charge is -2.12. The molecule has 9 nitrogen and oxygen atoms in total. The molecular formula is C15H14F2N6O3S2. The maximum Gasteiger partial charge on any atom is 0.277 e. The first kappa shape index (κ1) is 19.8. The number of nitrogens with zero attached hydrogens (tertiary/aromatic N) is 3. The normalized spacial score (nSPS) is 11.5. The molecule has 0 atom stereocenters. The summed E-state index contributed by atoms with van der Waals surface area (Å²) in [5.74, 6) is -3.40. The minimum atomic E-state index is -3.81. The Hall–Kier alpha value is -2.93. The first-order valence-electron chi connectivity index (χ1n) is 7.89. The van der Waals surface area contributed by atoms with Crippen LogP contribution in [0, 0.1) is 11.6 Å². The van der Waals surface area contributed by atoms with E-state index in [9.17, 15) is 22.0 Å². The number of aromatic nitrogens is 3. The summed E-state index contributed by atoms with van der Waals surface area (Å²) in [4.78, 5) is 20.1. The van der Waals surface area contributed by atoms with E-state index in [0.717, 1.165) is 30.0 Å². The Bertz CT molecular complexity index is 1170. The average molecular weight is 428 g/mol. The molecule has 0 unspecified atom stereocenters. The number of benzene rings is 1. The highest BCUT2D eigenvalue weighted by Crippen LogP contribution is 2.29. The summed E-state index contributed by atoms with van der Waals surface area (Å²) in [6.45, 7) is 1.64. The van der Waals surface area contributed by atoms with Crippen LogP contribution in [-0.2, 0) is 10.0 Å². The van der Waals surface area contributed by atoms with E-state index in [1.165, 1.54) is 0 Å². The van der Waals surface area contributed by atoms with E-state index < -0.39 is 38.9 Å². The number of halogens is 2. The van der Waals surface area contributed by atoms with Gasteiger partial charge in [0.1, 0.15) is 33.9 Å². The highest BCUT2D eigenvalue weighted by molar-refractivity contribution is 7.92. The van der Waals surface area contributed by atoms with E-state index in [1.807, 2.05) is 4.72 Å². The quantitative estimate of drug-likeness (QED) is 0.547. The van der Waals surface area contributed by atoms with Gasteiger partial charge in [-0.2, -0.15) is 4.37 Å². The van der Waals surface area contributed by atoms with Crippen LogP contribution >= 0.6 is 11.5 Å². The van der Waals surface area contributed by atoms with Crippen molar-refractivity contribution in [2.24, 2.45) is 0 Å². The van der Waals surface area contributed by atoms with Crippen molar-refractivity contribution in [3.8, 4) is 0 Å². The molecule has 2 aromatic heterocycles. The fourth-order valence-electron chi connectivity index (χ4n) is 2.34. The van der Waals surface area contributed by atoms with Crippen molar-refractivity contribution in [1.29, 1.82) is 0 Å². The van der Waals surface area contributed by atoms with Crippen LogP contribution < -0.4 is 15.8 Å². The van der Waals surface area contributed by atoms with Crippen LogP contribution in [0.2, 0.25) is 0 Å². The molecule has 0 saturated heterocycles. The molecule has 28 heavy (non-hydrogen) atoms. The van der Waals surface area contributed by atoms with Crippen LogP contribution in [0.4, 0.5) is 26.0 Å². The maximum atomic E-state index is 14.6.